The second-order valence-electron chi connectivity index (χ2n) is 3.00. The molecule has 0 bridgehead atoms. The molecule has 82 valence electrons. The lowest BCUT2D eigenvalue weighted by Gasteiger charge is -2.15. The maximum atomic E-state index is 13.4. The zero-order valence-electron chi connectivity index (χ0n) is 8.47. The number of likely N-dealkylation sites (N-methyl/N-ethyl adjacent to an activating group) is 2. The van der Waals surface area contributed by atoms with Gasteiger partial charge in [-0.3, -0.25) is 4.79 Å². The zero-order chi connectivity index (χ0) is 11.4. The summed E-state index contributed by atoms with van der Waals surface area (Å²) in [5.41, 5.74) is 0.240. The summed E-state index contributed by atoms with van der Waals surface area (Å²) in [5.74, 6) is -0.763. The van der Waals surface area contributed by atoms with E-state index in [2.05, 4.69) is 10.6 Å². The normalized spacial score (nSPS) is 12.3. The molecule has 3 nitrogen and oxygen atoms in total. The Kier molecular flexibility index (Phi) is 4.05. The molecule has 1 amide bonds. The minimum Gasteiger partial charge on any atom is -0.358 e. The summed E-state index contributed by atoms with van der Waals surface area (Å²) in [6.07, 6.45) is 0. The van der Waals surface area contributed by atoms with Crippen LogP contribution in [0.25, 0.3) is 0 Å². The SMILES string of the molecule is CNC(=O)C(NC)c1cc(Cl)ccc1F. The molecule has 1 atom stereocenters. The van der Waals surface area contributed by atoms with Crippen molar-refractivity contribution >= 4 is 17.5 Å². The topological polar surface area (TPSA) is 41.1 Å². The van der Waals surface area contributed by atoms with E-state index in [0.29, 0.717) is 5.02 Å². The molecular weight excluding hydrogens is 219 g/mol. The van der Waals surface area contributed by atoms with Gasteiger partial charge in [0, 0.05) is 17.6 Å². The number of rotatable bonds is 3. The van der Waals surface area contributed by atoms with Gasteiger partial charge in [-0.2, -0.15) is 0 Å². The standard InChI is InChI=1S/C10H12ClFN2O/c1-13-9(10(15)14-2)7-5-6(11)3-4-8(7)12/h3-5,9,13H,1-2H3,(H,14,15). The van der Waals surface area contributed by atoms with Gasteiger partial charge < -0.3 is 10.6 Å². The summed E-state index contributed by atoms with van der Waals surface area (Å²) in [4.78, 5) is 11.4. The Morgan fingerprint density at radius 3 is 2.67 bits per heavy atom. The minimum atomic E-state index is -0.728. The van der Waals surface area contributed by atoms with Crippen LogP contribution >= 0.6 is 11.6 Å². The van der Waals surface area contributed by atoms with Crippen LogP contribution < -0.4 is 10.6 Å². The number of carbonyl (C=O) groups excluding carboxylic acids is 1. The molecular formula is C10H12ClFN2O. The molecule has 0 aliphatic heterocycles. The fourth-order valence-electron chi connectivity index (χ4n) is 1.31. The van der Waals surface area contributed by atoms with Crippen LogP contribution in [0.15, 0.2) is 18.2 Å². The first kappa shape index (κ1) is 11.9. The summed E-state index contributed by atoms with van der Waals surface area (Å²) in [6, 6.07) is 3.39. The van der Waals surface area contributed by atoms with Gasteiger partial charge in [-0.05, 0) is 25.2 Å². The molecule has 0 radical (unpaired) electrons. The highest BCUT2D eigenvalue weighted by atomic mass is 35.5. The van der Waals surface area contributed by atoms with E-state index < -0.39 is 11.9 Å². The largest absolute Gasteiger partial charge is 0.358 e. The maximum Gasteiger partial charge on any atom is 0.241 e. The van der Waals surface area contributed by atoms with Crippen molar-refractivity contribution in [3.05, 3.63) is 34.6 Å². The summed E-state index contributed by atoms with van der Waals surface area (Å²) in [5, 5.41) is 5.58. The third kappa shape index (κ3) is 2.67. The first-order valence-corrected chi connectivity index (χ1v) is 4.81. The number of benzene rings is 1. The van der Waals surface area contributed by atoms with E-state index in [4.69, 9.17) is 11.6 Å². The van der Waals surface area contributed by atoms with Crippen LogP contribution in [0.3, 0.4) is 0 Å². The molecule has 1 rings (SSSR count). The highest BCUT2D eigenvalue weighted by Gasteiger charge is 2.20. The predicted molar refractivity (Wildman–Crippen MR) is 57.3 cm³/mol. The molecule has 0 fully saturated rings. The van der Waals surface area contributed by atoms with Gasteiger partial charge in [-0.1, -0.05) is 11.6 Å². The van der Waals surface area contributed by atoms with Crippen molar-refractivity contribution < 1.29 is 9.18 Å². The molecule has 1 aromatic rings. The molecule has 1 aromatic carbocycles. The molecule has 15 heavy (non-hydrogen) atoms. The fourth-order valence-corrected chi connectivity index (χ4v) is 1.49. The van der Waals surface area contributed by atoms with Crippen molar-refractivity contribution in [2.24, 2.45) is 0 Å². The Labute approximate surface area is 92.6 Å². The minimum absolute atomic E-state index is 0.240. The molecule has 0 saturated carbocycles. The highest BCUT2D eigenvalue weighted by molar-refractivity contribution is 6.30. The Balaban J connectivity index is 3.11. The number of halogens is 2. The monoisotopic (exact) mass is 230 g/mol. The van der Waals surface area contributed by atoms with Gasteiger partial charge >= 0.3 is 0 Å². The average molecular weight is 231 g/mol. The lowest BCUT2D eigenvalue weighted by molar-refractivity contribution is -0.122. The van der Waals surface area contributed by atoms with Gasteiger partial charge in [-0.15, -0.1) is 0 Å². The zero-order valence-corrected chi connectivity index (χ0v) is 9.23. The van der Waals surface area contributed by atoms with Crippen LogP contribution in [0.4, 0.5) is 4.39 Å². The van der Waals surface area contributed by atoms with E-state index in [9.17, 15) is 9.18 Å². The summed E-state index contributed by atoms with van der Waals surface area (Å²) >= 11 is 5.74. The Morgan fingerprint density at radius 1 is 1.47 bits per heavy atom. The maximum absolute atomic E-state index is 13.4. The lowest BCUT2D eigenvalue weighted by Crippen LogP contribution is -2.34. The second-order valence-corrected chi connectivity index (χ2v) is 3.44. The molecule has 5 heteroatoms. The second kappa shape index (κ2) is 5.09. The first-order valence-electron chi connectivity index (χ1n) is 4.44. The number of nitrogens with one attached hydrogen (secondary N) is 2. The van der Waals surface area contributed by atoms with E-state index >= 15 is 0 Å². The Bertz CT molecular complexity index is 370. The third-order valence-electron chi connectivity index (χ3n) is 2.07. The number of amides is 1. The highest BCUT2D eigenvalue weighted by Crippen LogP contribution is 2.21. The van der Waals surface area contributed by atoms with Crippen molar-refractivity contribution in [2.75, 3.05) is 14.1 Å². The average Bonchev–Trinajstić information content (AvgIpc) is 2.23. The quantitative estimate of drug-likeness (QED) is 0.826. The molecule has 0 spiro atoms. The summed E-state index contributed by atoms with van der Waals surface area (Å²) in [6.45, 7) is 0. The van der Waals surface area contributed by atoms with Gasteiger partial charge in [-0.25, -0.2) is 4.39 Å². The van der Waals surface area contributed by atoms with Crippen molar-refractivity contribution in [3.63, 3.8) is 0 Å². The number of hydrogen-bond donors (Lipinski definition) is 2. The van der Waals surface area contributed by atoms with Crippen LogP contribution in [0, 0.1) is 5.82 Å². The third-order valence-corrected chi connectivity index (χ3v) is 2.30. The van der Waals surface area contributed by atoms with Gasteiger partial charge in [0.15, 0.2) is 0 Å². The smallest absolute Gasteiger partial charge is 0.241 e. The van der Waals surface area contributed by atoms with Crippen LogP contribution in [-0.2, 0) is 4.79 Å². The van der Waals surface area contributed by atoms with E-state index in [-0.39, 0.29) is 11.5 Å². The van der Waals surface area contributed by atoms with E-state index in [1.807, 2.05) is 0 Å². The van der Waals surface area contributed by atoms with Crippen LogP contribution in [-0.4, -0.2) is 20.0 Å². The lowest BCUT2D eigenvalue weighted by atomic mass is 10.1. The Morgan fingerprint density at radius 2 is 2.13 bits per heavy atom. The molecule has 0 aliphatic carbocycles. The fraction of sp³-hybridized carbons (Fsp3) is 0.300. The Hall–Kier alpha value is -1.13. The van der Waals surface area contributed by atoms with Crippen molar-refractivity contribution in [1.82, 2.24) is 10.6 Å². The molecule has 0 aliphatic rings. The van der Waals surface area contributed by atoms with E-state index in [1.165, 1.54) is 25.2 Å². The van der Waals surface area contributed by atoms with Crippen LogP contribution in [0.5, 0.6) is 0 Å². The summed E-state index contributed by atoms with van der Waals surface area (Å²) in [7, 11) is 3.08. The van der Waals surface area contributed by atoms with Gasteiger partial charge in [0.2, 0.25) is 5.91 Å². The van der Waals surface area contributed by atoms with E-state index in [1.54, 1.807) is 7.05 Å². The van der Waals surface area contributed by atoms with Crippen molar-refractivity contribution in [2.45, 2.75) is 6.04 Å². The molecule has 2 N–H and O–H groups in total. The molecule has 0 saturated heterocycles. The van der Waals surface area contributed by atoms with Gasteiger partial charge in [0.1, 0.15) is 11.9 Å². The van der Waals surface area contributed by atoms with Gasteiger partial charge in [0.05, 0.1) is 0 Å². The number of carbonyl (C=O) groups is 1. The predicted octanol–water partition coefficient (Wildman–Crippen LogP) is 1.49. The molecule has 0 heterocycles. The van der Waals surface area contributed by atoms with Crippen LogP contribution in [0.1, 0.15) is 11.6 Å². The van der Waals surface area contributed by atoms with Crippen LogP contribution in [0.2, 0.25) is 5.02 Å². The van der Waals surface area contributed by atoms with Gasteiger partial charge in [0.25, 0.3) is 0 Å². The molecule has 0 aromatic heterocycles. The first-order chi connectivity index (χ1) is 7.10. The molecule has 1 unspecified atom stereocenters. The number of hydrogen-bond acceptors (Lipinski definition) is 2. The summed E-state index contributed by atoms with van der Waals surface area (Å²) < 4.78 is 13.4. The van der Waals surface area contributed by atoms with E-state index in [0.717, 1.165) is 0 Å². The van der Waals surface area contributed by atoms with Crippen molar-refractivity contribution in [3.8, 4) is 0 Å². The van der Waals surface area contributed by atoms with Crippen molar-refractivity contribution in [1.29, 1.82) is 0 Å².